The molecular weight excluding hydrogens is 274 g/mol. The summed E-state index contributed by atoms with van der Waals surface area (Å²) < 4.78 is 5.29. The summed E-state index contributed by atoms with van der Waals surface area (Å²) in [6.45, 7) is 10.6. The molecule has 1 aromatic rings. The van der Waals surface area contributed by atoms with Gasteiger partial charge in [-0.15, -0.1) is 0 Å². The zero-order chi connectivity index (χ0) is 16.4. The lowest BCUT2D eigenvalue weighted by molar-refractivity contribution is -0.143. The van der Waals surface area contributed by atoms with Gasteiger partial charge in [-0.3, -0.25) is 10.00 Å². The SMILES string of the molecule is CCN(C(=O)OC(C)(C)C)C(C(=O)O)c1c(C)n[nH]c1C. The van der Waals surface area contributed by atoms with Crippen molar-refractivity contribution in [3.8, 4) is 0 Å². The van der Waals surface area contributed by atoms with E-state index in [2.05, 4.69) is 10.2 Å². The van der Waals surface area contributed by atoms with Crippen molar-refractivity contribution in [2.45, 2.75) is 53.2 Å². The van der Waals surface area contributed by atoms with Crippen molar-refractivity contribution in [1.29, 1.82) is 0 Å². The summed E-state index contributed by atoms with van der Waals surface area (Å²) in [6, 6.07) is -1.12. The third-order valence-corrected chi connectivity index (χ3v) is 2.97. The summed E-state index contributed by atoms with van der Waals surface area (Å²) in [5.41, 5.74) is 0.993. The number of carbonyl (C=O) groups excluding carboxylic acids is 1. The molecule has 21 heavy (non-hydrogen) atoms. The Kier molecular flexibility index (Phi) is 4.98. The van der Waals surface area contributed by atoms with Gasteiger partial charge >= 0.3 is 12.1 Å². The smallest absolute Gasteiger partial charge is 0.411 e. The number of amides is 1. The standard InChI is InChI=1S/C14H23N3O4/c1-7-17(13(20)21-14(4,5)6)11(12(18)19)10-8(2)15-16-9(10)3/h11H,7H2,1-6H3,(H,15,16)(H,18,19). The third kappa shape index (κ3) is 3.96. The van der Waals surface area contributed by atoms with E-state index in [9.17, 15) is 14.7 Å². The quantitative estimate of drug-likeness (QED) is 0.889. The lowest BCUT2D eigenvalue weighted by atomic mass is 10.0. The summed E-state index contributed by atoms with van der Waals surface area (Å²) in [5.74, 6) is -1.12. The minimum atomic E-state index is -1.12. The molecule has 7 heteroatoms. The molecule has 1 heterocycles. The van der Waals surface area contributed by atoms with E-state index in [1.807, 2.05) is 0 Å². The molecule has 0 aliphatic carbocycles. The lowest BCUT2D eigenvalue weighted by Gasteiger charge is -2.30. The van der Waals surface area contributed by atoms with Crippen molar-refractivity contribution in [3.63, 3.8) is 0 Å². The Labute approximate surface area is 124 Å². The maximum atomic E-state index is 12.3. The normalized spacial score (nSPS) is 12.9. The molecule has 0 aliphatic rings. The molecule has 1 unspecified atom stereocenters. The number of rotatable bonds is 4. The fourth-order valence-corrected chi connectivity index (χ4v) is 2.11. The van der Waals surface area contributed by atoms with Gasteiger partial charge in [-0.2, -0.15) is 5.10 Å². The molecule has 0 radical (unpaired) electrons. The van der Waals surface area contributed by atoms with E-state index in [-0.39, 0.29) is 6.54 Å². The Hall–Kier alpha value is -2.05. The van der Waals surface area contributed by atoms with Crippen molar-refractivity contribution in [1.82, 2.24) is 15.1 Å². The third-order valence-electron chi connectivity index (χ3n) is 2.97. The first-order valence-electron chi connectivity index (χ1n) is 6.82. The second-order valence-corrected chi connectivity index (χ2v) is 5.85. The molecular formula is C14H23N3O4. The van der Waals surface area contributed by atoms with E-state index in [0.717, 1.165) is 0 Å². The fourth-order valence-electron chi connectivity index (χ4n) is 2.11. The molecule has 1 aromatic heterocycles. The van der Waals surface area contributed by atoms with E-state index < -0.39 is 23.7 Å². The molecule has 0 spiro atoms. The highest BCUT2D eigenvalue weighted by Gasteiger charge is 2.36. The summed E-state index contributed by atoms with van der Waals surface area (Å²) in [4.78, 5) is 25.1. The van der Waals surface area contributed by atoms with E-state index in [4.69, 9.17) is 4.74 Å². The van der Waals surface area contributed by atoms with E-state index >= 15 is 0 Å². The molecule has 0 saturated heterocycles. The number of nitrogens with zero attached hydrogens (tertiary/aromatic N) is 2. The van der Waals surface area contributed by atoms with Crippen LogP contribution in [-0.2, 0) is 9.53 Å². The van der Waals surface area contributed by atoms with Crippen LogP contribution in [0, 0.1) is 13.8 Å². The van der Waals surface area contributed by atoms with E-state index in [0.29, 0.717) is 17.0 Å². The number of aromatic nitrogens is 2. The number of aliphatic carboxylic acids is 1. The van der Waals surface area contributed by atoms with Gasteiger partial charge in [0.1, 0.15) is 5.60 Å². The number of carbonyl (C=O) groups is 2. The van der Waals surface area contributed by atoms with Crippen LogP contribution >= 0.6 is 0 Å². The Bertz CT molecular complexity index is 511. The van der Waals surface area contributed by atoms with E-state index in [1.165, 1.54) is 4.90 Å². The second-order valence-electron chi connectivity index (χ2n) is 5.85. The van der Waals surface area contributed by atoms with Crippen LogP contribution in [-0.4, -0.2) is 44.4 Å². The highest BCUT2D eigenvalue weighted by atomic mass is 16.6. The molecule has 0 saturated carbocycles. The minimum absolute atomic E-state index is 0.218. The molecule has 0 bridgehead atoms. The van der Waals surface area contributed by atoms with Crippen LogP contribution in [0.4, 0.5) is 4.79 Å². The molecule has 0 fully saturated rings. The Balaban J connectivity index is 3.20. The first-order valence-corrected chi connectivity index (χ1v) is 6.82. The van der Waals surface area contributed by atoms with Crippen molar-refractivity contribution in [2.75, 3.05) is 6.54 Å². The highest BCUT2D eigenvalue weighted by Crippen LogP contribution is 2.27. The predicted molar refractivity (Wildman–Crippen MR) is 77.1 cm³/mol. The summed E-state index contributed by atoms with van der Waals surface area (Å²) >= 11 is 0. The van der Waals surface area contributed by atoms with Crippen molar-refractivity contribution >= 4 is 12.1 Å². The largest absolute Gasteiger partial charge is 0.479 e. The van der Waals surface area contributed by atoms with E-state index in [1.54, 1.807) is 41.5 Å². The second kappa shape index (κ2) is 6.15. The summed E-state index contributed by atoms with van der Waals surface area (Å²) in [6.07, 6.45) is -0.655. The van der Waals surface area contributed by atoms with Crippen LogP contribution in [0.2, 0.25) is 0 Å². The summed E-state index contributed by atoms with van der Waals surface area (Å²) in [7, 11) is 0. The molecule has 1 amide bonds. The summed E-state index contributed by atoms with van der Waals surface area (Å²) in [5, 5.41) is 16.3. The highest BCUT2D eigenvalue weighted by molar-refractivity contribution is 5.82. The number of hydrogen-bond acceptors (Lipinski definition) is 4. The van der Waals surface area contributed by atoms with Crippen molar-refractivity contribution < 1.29 is 19.4 Å². The molecule has 118 valence electrons. The number of H-pyrrole nitrogens is 1. The monoisotopic (exact) mass is 297 g/mol. The Morgan fingerprint density at radius 2 is 1.95 bits per heavy atom. The number of carboxylic acid groups (broad SMARTS) is 1. The number of hydrogen-bond donors (Lipinski definition) is 2. The van der Waals surface area contributed by atoms with Gasteiger partial charge < -0.3 is 9.84 Å². The molecule has 0 aromatic carbocycles. The van der Waals surface area contributed by atoms with Gasteiger partial charge in [-0.05, 0) is 41.5 Å². The number of aryl methyl sites for hydroxylation is 2. The van der Waals surface area contributed by atoms with Crippen LogP contribution in [0.5, 0.6) is 0 Å². The number of carboxylic acids is 1. The molecule has 1 rings (SSSR count). The van der Waals surface area contributed by atoms with Crippen LogP contribution in [0.1, 0.15) is 50.7 Å². The number of ether oxygens (including phenoxy) is 1. The topological polar surface area (TPSA) is 95.5 Å². The minimum Gasteiger partial charge on any atom is -0.479 e. The molecule has 2 N–H and O–H groups in total. The van der Waals surface area contributed by atoms with Gasteiger partial charge in [0, 0.05) is 17.8 Å². The first-order chi connectivity index (χ1) is 9.58. The van der Waals surface area contributed by atoms with Gasteiger partial charge in [0.2, 0.25) is 0 Å². The maximum Gasteiger partial charge on any atom is 0.411 e. The van der Waals surface area contributed by atoms with Gasteiger partial charge in [0.05, 0.1) is 5.69 Å². The van der Waals surface area contributed by atoms with Crippen LogP contribution < -0.4 is 0 Å². The first kappa shape index (κ1) is 17.0. The van der Waals surface area contributed by atoms with Gasteiger partial charge in [0.25, 0.3) is 0 Å². The van der Waals surface area contributed by atoms with Gasteiger partial charge in [0.15, 0.2) is 6.04 Å². The van der Waals surface area contributed by atoms with Crippen molar-refractivity contribution in [2.24, 2.45) is 0 Å². The van der Waals surface area contributed by atoms with Crippen molar-refractivity contribution in [3.05, 3.63) is 17.0 Å². The zero-order valence-corrected chi connectivity index (χ0v) is 13.4. The Morgan fingerprint density at radius 1 is 1.38 bits per heavy atom. The molecule has 1 atom stereocenters. The van der Waals surface area contributed by atoms with Gasteiger partial charge in [-0.1, -0.05) is 0 Å². The van der Waals surface area contributed by atoms with Crippen LogP contribution in [0.25, 0.3) is 0 Å². The number of nitrogens with one attached hydrogen (secondary N) is 1. The zero-order valence-electron chi connectivity index (χ0n) is 13.4. The maximum absolute atomic E-state index is 12.3. The average Bonchev–Trinajstić information content (AvgIpc) is 2.63. The number of aromatic amines is 1. The van der Waals surface area contributed by atoms with Crippen LogP contribution in [0.3, 0.4) is 0 Å². The predicted octanol–water partition coefficient (Wildman–Crippen LogP) is 2.41. The van der Waals surface area contributed by atoms with Crippen LogP contribution in [0.15, 0.2) is 0 Å². The average molecular weight is 297 g/mol. The fraction of sp³-hybridized carbons (Fsp3) is 0.643. The lowest BCUT2D eigenvalue weighted by Crippen LogP contribution is -2.42. The molecule has 0 aliphatic heterocycles. The Morgan fingerprint density at radius 3 is 2.29 bits per heavy atom. The number of likely N-dealkylation sites (N-methyl/N-ethyl adjacent to an activating group) is 1. The van der Waals surface area contributed by atoms with Gasteiger partial charge in [-0.25, -0.2) is 9.59 Å². The molecule has 7 nitrogen and oxygen atoms in total.